The number of amides is 1. The van der Waals surface area contributed by atoms with Crippen molar-refractivity contribution in [2.24, 2.45) is 0 Å². The van der Waals surface area contributed by atoms with Crippen LogP contribution in [-0.2, 0) is 9.53 Å². The largest absolute Gasteiger partial charge is 0.481 e. The van der Waals surface area contributed by atoms with Gasteiger partial charge in [0, 0.05) is 13.0 Å². The predicted octanol–water partition coefficient (Wildman–Crippen LogP) is 1.13. The minimum Gasteiger partial charge on any atom is -0.481 e. The first kappa shape index (κ1) is 15.7. The van der Waals surface area contributed by atoms with Crippen molar-refractivity contribution in [3.05, 3.63) is 0 Å². The molecule has 3 N–H and O–H groups in total. The van der Waals surface area contributed by atoms with Gasteiger partial charge in [0.15, 0.2) is 0 Å². The van der Waals surface area contributed by atoms with Crippen LogP contribution in [0.3, 0.4) is 0 Å². The number of aliphatic hydroxyl groups is 1. The van der Waals surface area contributed by atoms with E-state index in [1.165, 1.54) is 0 Å². The normalized spacial score (nSPS) is 12.9. The molecule has 0 aromatic heterocycles. The Hall–Kier alpha value is -1.30. The van der Waals surface area contributed by atoms with Crippen LogP contribution >= 0.6 is 0 Å². The Morgan fingerprint density at radius 1 is 1.35 bits per heavy atom. The summed E-state index contributed by atoms with van der Waals surface area (Å²) >= 11 is 0. The van der Waals surface area contributed by atoms with Crippen LogP contribution in [0, 0.1) is 0 Å². The predicted molar refractivity (Wildman–Crippen MR) is 61.7 cm³/mol. The highest BCUT2D eigenvalue weighted by Crippen LogP contribution is 2.06. The number of hydrogen-bond donors (Lipinski definition) is 3. The molecule has 0 saturated heterocycles. The summed E-state index contributed by atoms with van der Waals surface area (Å²) in [6, 6.07) is 0. The maximum Gasteiger partial charge on any atom is 0.407 e. The lowest BCUT2D eigenvalue weighted by Gasteiger charge is -2.20. The lowest BCUT2D eigenvalue weighted by atomic mass is 10.1. The van der Waals surface area contributed by atoms with E-state index in [2.05, 4.69) is 5.32 Å². The van der Waals surface area contributed by atoms with Gasteiger partial charge in [-0.2, -0.15) is 0 Å². The molecule has 0 aromatic carbocycles. The van der Waals surface area contributed by atoms with Crippen molar-refractivity contribution in [3.8, 4) is 0 Å². The van der Waals surface area contributed by atoms with Gasteiger partial charge >= 0.3 is 12.1 Å². The summed E-state index contributed by atoms with van der Waals surface area (Å²) in [6.07, 6.45) is -0.602. The molecule has 0 heterocycles. The number of hydrogen-bond acceptors (Lipinski definition) is 4. The zero-order chi connectivity index (χ0) is 13.5. The molecule has 0 rings (SSSR count). The molecule has 17 heavy (non-hydrogen) atoms. The smallest absolute Gasteiger partial charge is 0.407 e. The molecule has 0 aliphatic heterocycles. The zero-order valence-corrected chi connectivity index (χ0v) is 10.5. The Morgan fingerprint density at radius 2 is 1.94 bits per heavy atom. The van der Waals surface area contributed by atoms with Gasteiger partial charge in [0.05, 0.1) is 6.10 Å². The van der Waals surface area contributed by atoms with Crippen molar-refractivity contribution in [2.75, 3.05) is 6.54 Å². The third-order valence-electron chi connectivity index (χ3n) is 1.81. The van der Waals surface area contributed by atoms with Gasteiger partial charge < -0.3 is 20.3 Å². The van der Waals surface area contributed by atoms with Gasteiger partial charge in [-0.15, -0.1) is 0 Å². The summed E-state index contributed by atoms with van der Waals surface area (Å²) in [6.45, 7) is 5.30. The summed E-state index contributed by atoms with van der Waals surface area (Å²) < 4.78 is 4.98. The van der Waals surface area contributed by atoms with Crippen LogP contribution in [0.4, 0.5) is 4.79 Å². The Kier molecular flexibility index (Phi) is 6.57. The van der Waals surface area contributed by atoms with Crippen molar-refractivity contribution in [3.63, 3.8) is 0 Å². The van der Waals surface area contributed by atoms with Gasteiger partial charge in [-0.05, 0) is 33.6 Å². The fraction of sp³-hybridized carbons (Fsp3) is 0.818. The summed E-state index contributed by atoms with van der Waals surface area (Å²) in [7, 11) is 0. The van der Waals surface area contributed by atoms with Crippen molar-refractivity contribution < 1.29 is 24.5 Å². The summed E-state index contributed by atoms with van der Waals surface area (Å²) in [5.41, 5.74) is -0.571. The van der Waals surface area contributed by atoms with E-state index in [-0.39, 0.29) is 13.0 Å². The highest BCUT2D eigenvalue weighted by molar-refractivity contribution is 5.67. The number of carboxylic acid groups (broad SMARTS) is 1. The fourth-order valence-electron chi connectivity index (χ4n) is 1.11. The molecule has 0 saturated carbocycles. The van der Waals surface area contributed by atoms with Crippen molar-refractivity contribution in [1.82, 2.24) is 5.32 Å². The van der Waals surface area contributed by atoms with E-state index >= 15 is 0 Å². The molecule has 0 aromatic rings. The molecule has 0 fully saturated rings. The van der Waals surface area contributed by atoms with Gasteiger partial charge in [0.1, 0.15) is 5.60 Å². The Morgan fingerprint density at radius 3 is 2.41 bits per heavy atom. The van der Waals surface area contributed by atoms with Crippen molar-refractivity contribution in [1.29, 1.82) is 0 Å². The minimum absolute atomic E-state index is 0.0174. The number of rotatable bonds is 6. The Bertz CT molecular complexity index is 259. The molecule has 1 unspecified atom stereocenters. The summed E-state index contributed by atoms with van der Waals surface area (Å²) in [4.78, 5) is 21.4. The monoisotopic (exact) mass is 247 g/mol. The molecule has 100 valence electrons. The van der Waals surface area contributed by atoms with E-state index in [9.17, 15) is 14.7 Å². The van der Waals surface area contributed by atoms with Gasteiger partial charge in [0.2, 0.25) is 0 Å². The molecule has 0 spiro atoms. The average Bonchev–Trinajstić information content (AvgIpc) is 2.11. The molecule has 0 radical (unpaired) electrons. The number of carbonyl (C=O) groups is 2. The van der Waals surface area contributed by atoms with Crippen LogP contribution < -0.4 is 5.32 Å². The number of carboxylic acids is 1. The second-order valence-electron chi connectivity index (χ2n) is 4.82. The number of nitrogens with one attached hydrogen (secondary N) is 1. The molecule has 6 nitrogen and oxygen atoms in total. The van der Waals surface area contributed by atoms with E-state index in [1.807, 2.05) is 0 Å². The first-order valence-electron chi connectivity index (χ1n) is 5.57. The fourth-order valence-corrected chi connectivity index (χ4v) is 1.11. The summed E-state index contributed by atoms with van der Waals surface area (Å²) in [5, 5.41) is 20.3. The number of aliphatic carboxylic acids is 1. The second-order valence-corrected chi connectivity index (χ2v) is 4.82. The van der Waals surface area contributed by atoms with Crippen molar-refractivity contribution in [2.45, 2.75) is 51.7 Å². The topological polar surface area (TPSA) is 95.9 Å². The number of ether oxygens (including phenoxy) is 1. The maximum atomic E-state index is 11.2. The zero-order valence-electron chi connectivity index (χ0n) is 10.5. The van der Waals surface area contributed by atoms with E-state index < -0.39 is 23.8 Å². The Labute approximate surface area is 101 Å². The van der Waals surface area contributed by atoms with Crippen LogP contribution in [0.2, 0.25) is 0 Å². The third kappa shape index (κ3) is 11.0. The molecule has 1 atom stereocenters. The quantitative estimate of drug-likeness (QED) is 0.653. The molecule has 1 amide bonds. The molecular formula is C11H21NO5. The standard InChI is InChI=1S/C11H21NO5/c1-11(2,3)17-10(16)12-7-8(13)5-4-6-9(14)15/h8,13H,4-7H2,1-3H3,(H,12,16)(H,14,15). The number of carbonyl (C=O) groups excluding carboxylic acids is 1. The molecule has 0 bridgehead atoms. The molecule has 6 heteroatoms. The minimum atomic E-state index is -0.891. The van der Waals surface area contributed by atoms with E-state index in [4.69, 9.17) is 9.84 Å². The van der Waals surface area contributed by atoms with Crippen LogP contribution in [0.15, 0.2) is 0 Å². The first-order valence-corrected chi connectivity index (χ1v) is 5.57. The Balaban J connectivity index is 3.66. The number of aliphatic hydroxyl groups excluding tert-OH is 1. The molecule has 0 aliphatic carbocycles. The highest BCUT2D eigenvalue weighted by atomic mass is 16.6. The van der Waals surface area contributed by atoms with Gasteiger partial charge in [-0.25, -0.2) is 4.79 Å². The van der Waals surface area contributed by atoms with Gasteiger partial charge in [-0.3, -0.25) is 4.79 Å². The van der Waals surface area contributed by atoms with Gasteiger partial charge in [0.25, 0.3) is 0 Å². The van der Waals surface area contributed by atoms with E-state index in [0.717, 1.165) is 0 Å². The van der Waals surface area contributed by atoms with Crippen LogP contribution in [0.5, 0.6) is 0 Å². The number of alkyl carbamates (subject to hydrolysis) is 1. The first-order chi connectivity index (χ1) is 7.70. The van der Waals surface area contributed by atoms with Crippen LogP contribution in [0.25, 0.3) is 0 Å². The SMILES string of the molecule is CC(C)(C)OC(=O)NCC(O)CCCC(=O)O. The second kappa shape index (κ2) is 7.11. The van der Waals surface area contributed by atoms with Crippen molar-refractivity contribution >= 4 is 12.1 Å². The van der Waals surface area contributed by atoms with Crippen LogP contribution in [-0.4, -0.2) is 40.5 Å². The highest BCUT2D eigenvalue weighted by Gasteiger charge is 2.16. The maximum absolute atomic E-state index is 11.2. The van der Waals surface area contributed by atoms with Crippen LogP contribution in [0.1, 0.15) is 40.0 Å². The van der Waals surface area contributed by atoms with E-state index in [1.54, 1.807) is 20.8 Å². The molecular weight excluding hydrogens is 226 g/mol. The summed E-state index contributed by atoms with van der Waals surface area (Å²) in [5.74, 6) is -0.891. The van der Waals surface area contributed by atoms with E-state index in [0.29, 0.717) is 12.8 Å². The molecule has 0 aliphatic rings. The van der Waals surface area contributed by atoms with Gasteiger partial charge in [-0.1, -0.05) is 0 Å². The average molecular weight is 247 g/mol. The lowest BCUT2D eigenvalue weighted by molar-refractivity contribution is -0.137. The third-order valence-corrected chi connectivity index (χ3v) is 1.81. The lowest BCUT2D eigenvalue weighted by Crippen LogP contribution is -2.36.